The van der Waals surface area contributed by atoms with Crippen LogP contribution in [0.2, 0.25) is 5.02 Å². The first-order valence-electron chi connectivity index (χ1n) is 7.46. The minimum Gasteiger partial charge on any atom is -0.449 e. The third-order valence-electron chi connectivity index (χ3n) is 3.39. The van der Waals surface area contributed by atoms with Crippen LogP contribution < -0.4 is 10.5 Å². The van der Waals surface area contributed by atoms with Gasteiger partial charge in [0.15, 0.2) is 6.10 Å². The fourth-order valence-corrected chi connectivity index (χ4v) is 3.11. The van der Waals surface area contributed by atoms with Gasteiger partial charge in [-0.25, -0.2) is 18.4 Å². The van der Waals surface area contributed by atoms with Crippen LogP contribution in [0.5, 0.6) is 0 Å². The Hall–Kier alpha value is -2.93. The van der Waals surface area contributed by atoms with E-state index in [1.54, 1.807) is 18.2 Å². The largest absolute Gasteiger partial charge is 0.449 e. The van der Waals surface area contributed by atoms with E-state index in [0.717, 1.165) is 6.07 Å². The Morgan fingerprint density at radius 2 is 1.96 bits per heavy atom. The van der Waals surface area contributed by atoms with Crippen molar-refractivity contribution in [2.24, 2.45) is 5.14 Å². The highest BCUT2D eigenvalue weighted by atomic mass is 35.5. The Kier molecular flexibility index (Phi) is 6.17. The van der Waals surface area contributed by atoms with Gasteiger partial charge in [0.05, 0.1) is 22.2 Å². The first kappa shape index (κ1) is 20.4. The van der Waals surface area contributed by atoms with E-state index < -0.39 is 32.9 Å². The summed E-state index contributed by atoms with van der Waals surface area (Å²) in [5.41, 5.74) is 0.591. The van der Waals surface area contributed by atoms with Crippen molar-refractivity contribution in [1.82, 2.24) is 0 Å². The average molecular weight is 408 g/mol. The Morgan fingerprint density at radius 1 is 1.26 bits per heavy atom. The lowest BCUT2D eigenvalue weighted by atomic mass is 10.2. The van der Waals surface area contributed by atoms with Crippen molar-refractivity contribution >= 4 is 39.2 Å². The zero-order valence-electron chi connectivity index (χ0n) is 14.0. The molecular weight excluding hydrogens is 394 g/mol. The van der Waals surface area contributed by atoms with Crippen LogP contribution >= 0.6 is 11.6 Å². The number of anilines is 1. The van der Waals surface area contributed by atoms with Crippen molar-refractivity contribution in [1.29, 1.82) is 5.26 Å². The predicted octanol–water partition coefficient (Wildman–Crippen LogP) is 2.04. The maximum absolute atomic E-state index is 12.2. The number of rotatable bonds is 5. The fourth-order valence-electron chi connectivity index (χ4n) is 2.04. The number of hydrogen-bond acceptors (Lipinski definition) is 6. The minimum atomic E-state index is -4.13. The third-order valence-corrected chi connectivity index (χ3v) is 4.78. The van der Waals surface area contributed by atoms with Gasteiger partial charge >= 0.3 is 5.97 Å². The zero-order valence-corrected chi connectivity index (χ0v) is 15.5. The molecule has 8 nitrogen and oxygen atoms in total. The number of benzene rings is 2. The molecule has 0 heterocycles. The Labute approximate surface area is 160 Å². The summed E-state index contributed by atoms with van der Waals surface area (Å²) in [7, 11) is -4.13. The molecule has 0 saturated heterocycles. The van der Waals surface area contributed by atoms with E-state index in [2.05, 4.69) is 5.32 Å². The first-order valence-corrected chi connectivity index (χ1v) is 9.38. The van der Waals surface area contributed by atoms with Crippen molar-refractivity contribution in [3.63, 3.8) is 0 Å². The van der Waals surface area contributed by atoms with Crippen LogP contribution in [0.1, 0.15) is 22.8 Å². The van der Waals surface area contributed by atoms with E-state index in [-0.39, 0.29) is 10.6 Å². The monoisotopic (exact) mass is 407 g/mol. The van der Waals surface area contributed by atoms with E-state index in [9.17, 15) is 18.0 Å². The second kappa shape index (κ2) is 8.18. The molecule has 0 saturated carbocycles. The van der Waals surface area contributed by atoms with Crippen molar-refractivity contribution in [3.8, 4) is 6.07 Å². The fraction of sp³-hybridized carbons (Fsp3) is 0.118. The lowest BCUT2D eigenvalue weighted by Gasteiger charge is -2.14. The Balaban J connectivity index is 2.11. The maximum Gasteiger partial charge on any atom is 0.338 e. The SMILES string of the molecule is CC(OC(=O)c1ccc(Cl)c(S(N)(=O)=O)c1)C(=O)Nc1cccc(C#N)c1. The van der Waals surface area contributed by atoms with Gasteiger partial charge in [-0.15, -0.1) is 0 Å². The van der Waals surface area contributed by atoms with E-state index in [4.69, 9.17) is 26.7 Å². The third kappa shape index (κ3) is 5.27. The lowest BCUT2D eigenvalue weighted by molar-refractivity contribution is -0.123. The summed E-state index contributed by atoms with van der Waals surface area (Å²) in [6.07, 6.45) is -1.18. The Morgan fingerprint density at radius 3 is 2.59 bits per heavy atom. The molecule has 27 heavy (non-hydrogen) atoms. The molecule has 0 bridgehead atoms. The van der Waals surface area contributed by atoms with Gasteiger partial charge in [-0.1, -0.05) is 17.7 Å². The summed E-state index contributed by atoms with van der Waals surface area (Å²) >= 11 is 5.76. The molecule has 10 heteroatoms. The Bertz CT molecular complexity index is 1050. The molecule has 3 N–H and O–H groups in total. The number of nitrogens with two attached hydrogens (primary N) is 1. The number of nitriles is 1. The molecule has 0 fully saturated rings. The van der Waals surface area contributed by atoms with Gasteiger partial charge in [-0.2, -0.15) is 5.26 Å². The van der Waals surface area contributed by atoms with Gasteiger partial charge in [0.2, 0.25) is 10.0 Å². The summed E-state index contributed by atoms with van der Waals surface area (Å²) in [5.74, 6) is -1.55. The summed E-state index contributed by atoms with van der Waals surface area (Å²) in [5, 5.41) is 16.3. The van der Waals surface area contributed by atoms with Crippen molar-refractivity contribution < 1.29 is 22.7 Å². The molecule has 0 aliphatic rings. The van der Waals surface area contributed by atoms with E-state index in [1.165, 1.54) is 25.1 Å². The van der Waals surface area contributed by atoms with Crippen LogP contribution in [0, 0.1) is 11.3 Å². The highest BCUT2D eigenvalue weighted by Gasteiger charge is 2.21. The van der Waals surface area contributed by atoms with Gasteiger partial charge in [0, 0.05) is 5.69 Å². The molecule has 0 spiro atoms. The van der Waals surface area contributed by atoms with Crippen LogP contribution in [0.3, 0.4) is 0 Å². The van der Waals surface area contributed by atoms with Gasteiger partial charge in [0.25, 0.3) is 5.91 Å². The molecule has 0 aromatic heterocycles. The quantitative estimate of drug-likeness (QED) is 0.727. The summed E-state index contributed by atoms with van der Waals surface area (Å²) < 4.78 is 28.0. The van der Waals surface area contributed by atoms with Gasteiger partial charge < -0.3 is 10.1 Å². The molecule has 0 radical (unpaired) electrons. The van der Waals surface area contributed by atoms with Crippen LogP contribution in [0.15, 0.2) is 47.4 Å². The number of amides is 1. The summed E-state index contributed by atoms with van der Waals surface area (Å²) in [6, 6.07) is 11.6. The number of carbonyl (C=O) groups excluding carboxylic acids is 2. The lowest BCUT2D eigenvalue weighted by Crippen LogP contribution is -2.30. The summed E-state index contributed by atoms with van der Waals surface area (Å²) in [4.78, 5) is 23.9. The molecule has 2 aromatic rings. The molecule has 2 aromatic carbocycles. The topological polar surface area (TPSA) is 139 Å². The van der Waals surface area contributed by atoms with E-state index in [1.807, 2.05) is 6.07 Å². The number of esters is 1. The average Bonchev–Trinajstić information content (AvgIpc) is 2.61. The molecule has 140 valence electrons. The number of hydrogen-bond donors (Lipinski definition) is 2. The minimum absolute atomic E-state index is 0.130. The van der Waals surface area contributed by atoms with Crippen LogP contribution in [0.4, 0.5) is 5.69 Å². The number of ether oxygens (including phenoxy) is 1. The molecular formula is C17H14ClN3O5S. The second-order valence-electron chi connectivity index (χ2n) is 5.42. The van der Waals surface area contributed by atoms with Crippen LogP contribution in [-0.2, 0) is 19.6 Å². The molecule has 0 aliphatic carbocycles. The maximum atomic E-state index is 12.2. The first-order chi connectivity index (χ1) is 12.6. The molecule has 1 atom stereocenters. The van der Waals surface area contributed by atoms with Gasteiger partial charge in [-0.05, 0) is 43.3 Å². The van der Waals surface area contributed by atoms with Crippen molar-refractivity contribution in [2.45, 2.75) is 17.9 Å². The number of carbonyl (C=O) groups is 2. The molecule has 0 aliphatic heterocycles. The zero-order chi connectivity index (χ0) is 20.2. The standard InChI is InChI=1S/C17H14ClN3O5S/c1-10(16(22)21-13-4-2-3-11(7-13)9-19)26-17(23)12-5-6-14(18)15(8-12)27(20,24)25/h2-8,10H,1H3,(H,21,22)(H2,20,24,25). The number of nitrogens with one attached hydrogen (secondary N) is 1. The molecule has 1 amide bonds. The second-order valence-corrected chi connectivity index (χ2v) is 7.36. The summed E-state index contributed by atoms with van der Waals surface area (Å²) in [6.45, 7) is 1.35. The van der Waals surface area contributed by atoms with Gasteiger partial charge in [0.1, 0.15) is 4.90 Å². The van der Waals surface area contributed by atoms with Crippen molar-refractivity contribution in [2.75, 3.05) is 5.32 Å². The van der Waals surface area contributed by atoms with E-state index >= 15 is 0 Å². The molecule has 2 rings (SSSR count). The number of sulfonamides is 1. The van der Waals surface area contributed by atoms with Crippen LogP contribution in [0.25, 0.3) is 0 Å². The number of halogens is 1. The highest BCUT2D eigenvalue weighted by Crippen LogP contribution is 2.22. The highest BCUT2D eigenvalue weighted by molar-refractivity contribution is 7.89. The predicted molar refractivity (Wildman–Crippen MR) is 97.5 cm³/mol. The normalized spacial score (nSPS) is 11.9. The number of nitrogens with zero attached hydrogens (tertiary/aromatic N) is 1. The smallest absolute Gasteiger partial charge is 0.338 e. The van der Waals surface area contributed by atoms with E-state index in [0.29, 0.717) is 11.3 Å². The van der Waals surface area contributed by atoms with Gasteiger partial charge in [-0.3, -0.25) is 4.79 Å². The molecule has 1 unspecified atom stereocenters. The van der Waals surface area contributed by atoms with Crippen molar-refractivity contribution in [3.05, 3.63) is 58.6 Å². The number of primary sulfonamides is 1. The van der Waals surface area contributed by atoms with Crippen LogP contribution in [-0.4, -0.2) is 26.4 Å².